The fourth-order valence-corrected chi connectivity index (χ4v) is 5.83. The van der Waals surface area contributed by atoms with Gasteiger partial charge in [-0.2, -0.15) is 4.31 Å². The van der Waals surface area contributed by atoms with Crippen molar-refractivity contribution in [3.8, 4) is 0 Å². The molecule has 0 saturated heterocycles. The topological polar surface area (TPSA) is 84.0 Å². The fraction of sp³-hybridized carbons (Fsp3) is 0.391. The highest BCUT2D eigenvalue weighted by Crippen LogP contribution is 2.32. The number of carbonyl (C=O) groups is 2. The number of hydrogen-bond acceptors (Lipinski definition) is 5. The zero-order valence-corrected chi connectivity index (χ0v) is 18.5. The van der Waals surface area contributed by atoms with Gasteiger partial charge in [0.15, 0.2) is 6.10 Å². The third-order valence-corrected chi connectivity index (χ3v) is 7.99. The Hall–Kier alpha value is -2.71. The lowest BCUT2D eigenvalue weighted by Gasteiger charge is -2.34. The number of rotatable bonds is 5. The number of fused-ring (bicyclic) bond motifs is 2. The molecule has 0 saturated carbocycles. The zero-order valence-electron chi connectivity index (χ0n) is 17.7. The molecular weight excluding hydrogens is 416 g/mol. The number of benzene rings is 2. The van der Waals surface area contributed by atoms with Gasteiger partial charge in [0.25, 0.3) is 5.91 Å². The molecule has 2 aromatic rings. The van der Waals surface area contributed by atoms with Crippen LogP contribution in [0.1, 0.15) is 41.8 Å². The lowest BCUT2D eigenvalue weighted by Crippen LogP contribution is -2.46. The molecule has 0 aromatic heterocycles. The van der Waals surface area contributed by atoms with E-state index in [9.17, 15) is 18.0 Å². The van der Waals surface area contributed by atoms with Gasteiger partial charge in [0.1, 0.15) is 0 Å². The largest absolute Gasteiger partial charge is 0.448 e. The van der Waals surface area contributed by atoms with E-state index in [4.69, 9.17) is 4.74 Å². The highest BCUT2D eigenvalue weighted by Gasteiger charge is 2.36. The van der Waals surface area contributed by atoms with Crippen LogP contribution < -0.4 is 4.90 Å². The van der Waals surface area contributed by atoms with Crippen LogP contribution in [0.5, 0.6) is 0 Å². The van der Waals surface area contributed by atoms with Gasteiger partial charge in [-0.05, 0) is 48.2 Å². The van der Waals surface area contributed by atoms with Gasteiger partial charge in [-0.15, -0.1) is 0 Å². The van der Waals surface area contributed by atoms with Crippen LogP contribution >= 0.6 is 0 Å². The Morgan fingerprint density at radius 2 is 1.87 bits per heavy atom. The summed E-state index contributed by atoms with van der Waals surface area (Å²) in [5.41, 5.74) is 2.80. The molecular formula is C23H26N2O5S. The molecule has 0 radical (unpaired) electrons. The fourth-order valence-electron chi connectivity index (χ4n) is 4.32. The number of nitrogens with zero attached hydrogens (tertiary/aromatic N) is 2. The summed E-state index contributed by atoms with van der Waals surface area (Å²) in [6.45, 7) is 4.92. The average Bonchev–Trinajstić information content (AvgIpc) is 2.78. The van der Waals surface area contributed by atoms with E-state index in [0.717, 1.165) is 11.1 Å². The van der Waals surface area contributed by atoms with Crippen molar-refractivity contribution >= 4 is 27.6 Å². The lowest BCUT2D eigenvalue weighted by molar-refractivity contribution is -0.127. The lowest BCUT2D eigenvalue weighted by atomic mass is 9.96. The number of aryl methyl sites for hydroxylation is 1. The van der Waals surface area contributed by atoms with E-state index in [0.29, 0.717) is 50.1 Å². The van der Waals surface area contributed by atoms with Gasteiger partial charge < -0.3 is 9.64 Å². The van der Waals surface area contributed by atoms with Crippen molar-refractivity contribution in [2.45, 2.75) is 44.1 Å². The summed E-state index contributed by atoms with van der Waals surface area (Å²) in [5, 5.41) is 0. The minimum atomic E-state index is -3.57. The monoisotopic (exact) mass is 442 g/mol. The summed E-state index contributed by atoms with van der Waals surface area (Å²) in [5.74, 6) is -0.763. The van der Waals surface area contributed by atoms with Crippen molar-refractivity contribution in [1.82, 2.24) is 4.31 Å². The smallest absolute Gasteiger partial charge is 0.339 e. The summed E-state index contributed by atoms with van der Waals surface area (Å²) in [4.78, 5) is 27.5. The summed E-state index contributed by atoms with van der Waals surface area (Å²) in [6, 6.07) is 12.1. The number of ether oxygens (including phenoxy) is 1. The predicted octanol–water partition coefficient (Wildman–Crippen LogP) is 2.78. The number of hydrogen-bond donors (Lipinski definition) is 0. The number of sulfonamides is 1. The van der Waals surface area contributed by atoms with Crippen LogP contribution in [-0.4, -0.2) is 50.3 Å². The third-order valence-electron chi connectivity index (χ3n) is 5.95. The number of amides is 1. The summed E-state index contributed by atoms with van der Waals surface area (Å²) < 4.78 is 32.6. The maximum Gasteiger partial charge on any atom is 0.339 e. The molecule has 7 nitrogen and oxygen atoms in total. The van der Waals surface area contributed by atoms with Crippen LogP contribution in [0.4, 0.5) is 5.69 Å². The molecule has 0 aliphatic carbocycles. The first-order valence-electron chi connectivity index (χ1n) is 10.6. The van der Waals surface area contributed by atoms with Crippen molar-refractivity contribution in [2.24, 2.45) is 0 Å². The van der Waals surface area contributed by atoms with E-state index in [2.05, 4.69) is 0 Å². The standard InChI is InChI=1S/C23H26N2O5S/c1-3-24(4-2)31(28,29)18-11-12-20-17(14-18)9-7-13-25(20)22(26)21-15-16-8-5-6-10-19(16)23(27)30-21/h5-6,8,10-12,14,21H,3-4,7,9,13,15H2,1-2H3. The van der Waals surface area contributed by atoms with Crippen molar-refractivity contribution in [1.29, 1.82) is 0 Å². The highest BCUT2D eigenvalue weighted by molar-refractivity contribution is 7.89. The van der Waals surface area contributed by atoms with Crippen molar-refractivity contribution in [3.63, 3.8) is 0 Å². The van der Waals surface area contributed by atoms with Crippen LogP contribution in [0.3, 0.4) is 0 Å². The van der Waals surface area contributed by atoms with Crippen LogP contribution in [0.15, 0.2) is 47.4 Å². The molecule has 4 rings (SSSR count). The van der Waals surface area contributed by atoms with Gasteiger partial charge >= 0.3 is 5.97 Å². The normalized spacial score (nSPS) is 18.4. The Morgan fingerprint density at radius 3 is 2.61 bits per heavy atom. The van der Waals surface area contributed by atoms with Crippen LogP contribution in [0, 0.1) is 0 Å². The second-order valence-electron chi connectivity index (χ2n) is 7.73. The Kier molecular flexibility index (Phi) is 5.85. The van der Waals surface area contributed by atoms with Crippen molar-refractivity contribution in [3.05, 3.63) is 59.2 Å². The maximum atomic E-state index is 13.3. The second kappa shape index (κ2) is 8.43. The number of carbonyl (C=O) groups excluding carboxylic acids is 2. The van der Waals surface area contributed by atoms with Gasteiger partial charge in [0.2, 0.25) is 10.0 Å². The van der Waals surface area contributed by atoms with Crippen LogP contribution in [0.25, 0.3) is 0 Å². The molecule has 0 N–H and O–H groups in total. The van der Waals surface area contributed by atoms with E-state index in [1.165, 1.54) is 4.31 Å². The van der Waals surface area contributed by atoms with Crippen molar-refractivity contribution in [2.75, 3.05) is 24.5 Å². The Balaban J connectivity index is 1.62. The molecule has 2 aromatic carbocycles. The minimum Gasteiger partial charge on any atom is -0.448 e. The molecule has 0 bridgehead atoms. The molecule has 1 atom stereocenters. The molecule has 0 spiro atoms. The zero-order chi connectivity index (χ0) is 22.2. The maximum absolute atomic E-state index is 13.3. The number of esters is 1. The third kappa shape index (κ3) is 3.85. The molecule has 31 heavy (non-hydrogen) atoms. The summed E-state index contributed by atoms with van der Waals surface area (Å²) in [6.07, 6.45) is 0.854. The first-order chi connectivity index (χ1) is 14.9. The van der Waals surface area contributed by atoms with E-state index < -0.39 is 22.1 Å². The molecule has 0 fully saturated rings. The molecule has 2 aliphatic rings. The highest BCUT2D eigenvalue weighted by atomic mass is 32.2. The second-order valence-corrected chi connectivity index (χ2v) is 9.67. The van der Waals surface area contributed by atoms with Gasteiger partial charge in [-0.3, -0.25) is 4.79 Å². The quantitative estimate of drug-likeness (QED) is 0.665. The number of cyclic esters (lactones) is 1. The average molecular weight is 443 g/mol. The van der Waals surface area contributed by atoms with Gasteiger partial charge in [-0.1, -0.05) is 32.0 Å². The number of anilines is 1. The van der Waals surface area contributed by atoms with Crippen LogP contribution in [0.2, 0.25) is 0 Å². The van der Waals surface area contributed by atoms with Gasteiger partial charge in [0, 0.05) is 31.7 Å². The summed E-state index contributed by atoms with van der Waals surface area (Å²) >= 11 is 0. The molecule has 1 amide bonds. The SMILES string of the molecule is CCN(CC)S(=O)(=O)c1ccc2c(c1)CCCN2C(=O)C1Cc2ccccc2C(=O)O1. The minimum absolute atomic E-state index is 0.238. The molecule has 2 heterocycles. The van der Waals surface area contributed by atoms with E-state index >= 15 is 0 Å². The Labute approximate surface area is 182 Å². The Morgan fingerprint density at radius 1 is 1.13 bits per heavy atom. The summed E-state index contributed by atoms with van der Waals surface area (Å²) in [7, 11) is -3.57. The molecule has 164 valence electrons. The molecule has 1 unspecified atom stereocenters. The van der Waals surface area contributed by atoms with E-state index in [-0.39, 0.29) is 10.8 Å². The molecule has 8 heteroatoms. The molecule has 2 aliphatic heterocycles. The van der Waals surface area contributed by atoms with E-state index in [1.807, 2.05) is 26.0 Å². The van der Waals surface area contributed by atoms with E-state index in [1.54, 1.807) is 35.2 Å². The van der Waals surface area contributed by atoms with Crippen molar-refractivity contribution < 1.29 is 22.7 Å². The van der Waals surface area contributed by atoms with Gasteiger partial charge in [-0.25, -0.2) is 13.2 Å². The predicted molar refractivity (Wildman–Crippen MR) is 117 cm³/mol. The Bertz CT molecular complexity index is 1120. The van der Waals surface area contributed by atoms with Crippen LogP contribution in [-0.2, 0) is 32.4 Å². The first kappa shape index (κ1) is 21.5. The first-order valence-corrected chi connectivity index (χ1v) is 12.0. The van der Waals surface area contributed by atoms with Gasteiger partial charge in [0.05, 0.1) is 10.5 Å².